The van der Waals surface area contributed by atoms with Crippen molar-refractivity contribution in [1.82, 2.24) is 4.90 Å². The van der Waals surface area contributed by atoms with Gasteiger partial charge in [-0.25, -0.2) is 0 Å². The number of aryl methyl sites for hydroxylation is 2. The Kier molecular flexibility index (Phi) is 7.50. The number of para-hydroxylation sites is 1. The first kappa shape index (κ1) is 26.0. The van der Waals surface area contributed by atoms with Gasteiger partial charge in [0.2, 0.25) is 5.91 Å². The van der Waals surface area contributed by atoms with E-state index in [0.717, 1.165) is 36.1 Å². The van der Waals surface area contributed by atoms with E-state index in [9.17, 15) is 19.5 Å². The fourth-order valence-electron chi connectivity index (χ4n) is 6.48. The number of allylic oxidation sites excluding steroid dienone is 1. The number of aliphatic hydroxyl groups excluding tert-OH is 1. The van der Waals surface area contributed by atoms with E-state index in [4.69, 9.17) is 4.74 Å². The lowest BCUT2D eigenvalue weighted by molar-refractivity contribution is -0.153. The summed E-state index contributed by atoms with van der Waals surface area (Å²) >= 11 is 1.57. The number of carbonyl (C=O) groups is 3. The number of hydrogen-bond acceptors (Lipinski definition) is 6. The van der Waals surface area contributed by atoms with E-state index < -0.39 is 22.6 Å². The zero-order valence-corrected chi connectivity index (χ0v) is 22.4. The SMILES string of the molecule is Cc1cccc(C)c1N1CC=C[C@]23S[C@H]4/C=C\CCCCOC(=O)[C@H]4[C@H]2C(=O)N(CCCCO)C3C1=O. The molecule has 7 nitrogen and oxygen atoms in total. The molecule has 2 saturated heterocycles. The minimum atomic E-state index is -0.856. The van der Waals surface area contributed by atoms with Crippen molar-refractivity contribution in [3.8, 4) is 0 Å². The van der Waals surface area contributed by atoms with E-state index in [1.807, 2.05) is 44.2 Å². The molecule has 2 amide bonds. The van der Waals surface area contributed by atoms with E-state index in [0.29, 0.717) is 32.5 Å². The summed E-state index contributed by atoms with van der Waals surface area (Å²) < 4.78 is 4.81. The third-order valence-electron chi connectivity index (χ3n) is 8.12. The van der Waals surface area contributed by atoms with Gasteiger partial charge >= 0.3 is 5.97 Å². The number of ether oxygens (including phenoxy) is 1. The Hall–Kier alpha value is -2.58. The Morgan fingerprint density at radius 2 is 1.86 bits per heavy atom. The van der Waals surface area contributed by atoms with Gasteiger partial charge in [0.15, 0.2) is 0 Å². The molecule has 1 aromatic rings. The highest BCUT2D eigenvalue weighted by Crippen LogP contribution is 2.61. The number of amides is 2. The van der Waals surface area contributed by atoms with Crippen molar-refractivity contribution in [3.63, 3.8) is 0 Å². The Morgan fingerprint density at radius 3 is 2.62 bits per heavy atom. The summed E-state index contributed by atoms with van der Waals surface area (Å²) in [6, 6.07) is 5.25. The molecule has 37 heavy (non-hydrogen) atoms. The molecule has 0 bridgehead atoms. The predicted octanol–water partition coefficient (Wildman–Crippen LogP) is 3.56. The fourth-order valence-corrected chi connectivity index (χ4v) is 8.48. The minimum Gasteiger partial charge on any atom is -0.465 e. The van der Waals surface area contributed by atoms with Gasteiger partial charge in [0.05, 0.1) is 23.2 Å². The molecule has 1 N–H and O–H groups in total. The summed E-state index contributed by atoms with van der Waals surface area (Å²) in [5, 5.41) is 9.15. The highest BCUT2D eigenvalue weighted by molar-refractivity contribution is 8.02. The first-order chi connectivity index (χ1) is 17.9. The lowest BCUT2D eigenvalue weighted by atomic mass is 9.78. The topological polar surface area (TPSA) is 87.2 Å². The van der Waals surface area contributed by atoms with Crippen LogP contribution in [0.4, 0.5) is 5.69 Å². The van der Waals surface area contributed by atoms with Gasteiger partial charge in [-0.3, -0.25) is 14.4 Å². The van der Waals surface area contributed by atoms with Crippen LogP contribution < -0.4 is 4.90 Å². The van der Waals surface area contributed by atoms with Crippen molar-refractivity contribution in [3.05, 3.63) is 53.6 Å². The second kappa shape index (κ2) is 10.7. The van der Waals surface area contributed by atoms with Gasteiger partial charge in [-0.1, -0.05) is 42.5 Å². The van der Waals surface area contributed by atoms with Crippen LogP contribution in [0.5, 0.6) is 0 Å². The minimum absolute atomic E-state index is 0.0280. The van der Waals surface area contributed by atoms with Crippen LogP contribution in [0.2, 0.25) is 0 Å². The van der Waals surface area contributed by atoms with Gasteiger partial charge in [0, 0.05) is 30.6 Å². The van der Waals surface area contributed by atoms with E-state index in [1.165, 1.54) is 0 Å². The Labute approximate surface area is 222 Å². The molecule has 4 heterocycles. The van der Waals surface area contributed by atoms with Crippen LogP contribution in [0.15, 0.2) is 42.5 Å². The molecular formula is C29H36N2O5S. The molecule has 1 spiro atoms. The number of nitrogens with zero attached hydrogens (tertiary/aromatic N) is 2. The van der Waals surface area contributed by atoms with Crippen molar-refractivity contribution >= 4 is 35.2 Å². The number of cyclic esters (lactones) is 1. The second-order valence-corrected chi connectivity index (χ2v) is 12.0. The standard InChI is InChI=1S/C29H36N2O5S/c1-19-11-9-12-20(2)24(19)30-16-10-14-29-23(26(33)31(15-6-7-17-32)25(29)27(30)34)22-21(37-29)13-5-3-4-8-18-36-28(22)35/h5,9-14,21-23,25,32H,3-4,6-8,15-18H2,1-2H3/b13-5-/t21-,22+,23-,25?,29-/m0/s1. The molecule has 2 fully saturated rings. The average Bonchev–Trinajstić information content (AvgIpc) is 3.25. The summed E-state index contributed by atoms with van der Waals surface area (Å²) in [5.41, 5.74) is 2.89. The highest BCUT2D eigenvalue weighted by Gasteiger charge is 2.70. The number of benzene rings is 1. The predicted molar refractivity (Wildman–Crippen MR) is 144 cm³/mol. The number of rotatable bonds is 5. The van der Waals surface area contributed by atoms with Crippen LogP contribution in [-0.2, 0) is 19.1 Å². The maximum absolute atomic E-state index is 14.5. The van der Waals surface area contributed by atoms with Crippen molar-refractivity contribution in [2.24, 2.45) is 11.8 Å². The average molecular weight is 525 g/mol. The van der Waals surface area contributed by atoms with Gasteiger partial charge in [-0.2, -0.15) is 0 Å². The second-order valence-electron chi connectivity index (χ2n) is 10.5. The number of thioether (sulfide) groups is 1. The Bertz CT molecular complexity index is 1110. The maximum Gasteiger partial charge on any atom is 0.311 e. The molecule has 8 heteroatoms. The molecule has 4 aliphatic heterocycles. The fraction of sp³-hybridized carbons (Fsp3) is 0.552. The normalized spacial score (nSPS) is 32.5. The lowest BCUT2D eigenvalue weighted by Gasteiger charge is -2.36. The van der Waals surface area contributed by atoms with Crippen LogP contribution in [-0.4, -0.2) is 70.1 Å². The molecule has 0 aromatic heterocycles. The Balaban J connectivity index is 1.61. The first-order valence-electron chi connectivity index (χ1n) is 13.4. The molecule has 1 aromatic carbocycles. The van der Waals surface area contributed by atoms with Crippen molar-refractivity contribution in [2.75, 3.05) is 31.2 Å². The van der Waals surface area contributed by atoms with E-state index in [-0.39, 0.29) is 29.6 Å². The van der Waals surface area contributed by atoms with Gasteiger partial charge < -0.3 is 19.6 Å². The van der Waals surface area contributed by atoms with Crippen LogP contribution in [0.25, 0.3) is 0 Å². The van der Waals surface area contributed by atoms with Crippen LogP contribution in [0.1, 0.15) is 43.2 Å². The molecule has 0 aliphatic carbocycles. The molecule has 4 aliphatic rings. The van der Waals surface area contributed by atoms with E-state index >= 15 is 0 Å². The number of carbonyl (C=O) groups excluding carboxylic acids is 3. The largest absolute Gasteiger partial charge is 0.465 e. The van der Waals surface area contributed by atoms with E-state index in [2.05, 4.69) is 12.2 Å². The number of fused-ring (bicyclic) bond motifs is 2. The Morgan fingerprint density at radius 1 is 1.08 bits per heavy atom. The third-order valence-corrected chi connectivity index (χ3v) is 9.86. The molecule has 0 saturated carbocycles. The van der Waals surface area contributed by atoms with E-state index in [1.54, 1.807) is 21.6 Å². The number of hydrogen-bond donors (Lipinski definition) is 1. The van der Waals surface area contributed by atoms with Crippen molar-refractivity contribution in [1.29, 1.82) is 0 Å². The number of unbranched alkanes of at least 4 members (excludes halogenated alkanes) is 1. The smallest absolute Gasteiger partial charge is 0.311 e. The van der Waals surface area contributed by atoms with Gasteiger partial charge in [0.1, 0.15) is 6.04 Å². The molecule has 198 valence electrons. The molecule has 1 unspecified atom stereocenters. The third kappa shape index (κ3) is 4.42. The molecule has 5 rings (SSSR count). The number of anilines is 1. The van der Waals surface area contributed by atoms with Crippen molar-refractivity contribution < 1.29 is 24.2 Å². The summed E-state index contributed by atoms with van der Waals surface area (Å²) in [5.74, 6) is -1.92. The summed E-state index contributed by atoms with van der Waals surface area (Å²) in [4.78, 5) is 45.5. The zero-order chi connectivity index (χ0) is 26.2. The lowest BCUT2D eigenvalue weighted by Crippen LogP contribution is -2.53. The van der Waals surface area contributed by atoms with Crippen molar-refractivity contribution in [2.45, 2.75) is 62.0 Å². The highest BCUT2D eigenvalue weighted by atomic mass is 32.2. The van der Waals surface area contributed by atoms with Crippen LogP contribution in [0.3, 0.4) is 0 Å². The van der Waals surface area contributed by atoms with Crippen LogP contribution in [0, 0.1) is 25.7 Å². The molecule has 5 atom stereocenters. The van der Waals surface area contributed by atoms with Gasteiger partial charge in [-0.05, 0) is 57.1 Å². The molecular weight excluding hydrogens is 488 g/mol. The summed E-state index contributed by atoms with van der Waals surface area (Å²) in [6.07, 6.45) is 12.0. The molecule has 0 radical (unpaired) electrons. The number of aliphatic hydroxyl groups is 1. The summed E-state index contributed by atoms with van der Waals surface area (Å²) in [6.45, 7) is 5.16. The van der Waals surface area contributed by atoms with Crippen LogP contribution >= 0.6 is 11.8 Å². The number of esters is 1. The maximum atomic E-state index is 14.5. The van der Waals surface area contributed by atoms with Gasteiger partial charge in [-0.15, -0.1) is 11.8 Å². The quantitative estimate of drug-likeness (QED) is 0.360. The zero-order valence-electron chi connectivity index (χ0n) is 21.6. The monoisotopic (exact) mass is 524 g/mol. The van der Waals surface area contributed by atoms with Gasteiger partial charge in [0.25, 0.3) is 5.91 Å². The first-order valence-corrected chi connectivity index (χ1v) is 14.3. The summed E-state index contributed by atoms with van der Waals surface area (Å²) in [7, 11) is 0. The number of likely N-dealkylation sites (tertiary alicyclic amines) is 1.